The molecule has 1 saturated heterocycles. The highest BCUT2D eigenvalue weighted by atomic mass is 19.1. The molecular formula is C28H27FN4O3. The molecule has 5 aromatic rings. The SMILES string of the molecule is O[C@H](COc1ccc(-c2occ3cc(F)ccc23)cc1)CN1CCN(c2n[nH]c3ccccc23)CC1. The van der Waals surface area contributed by atoms with E-state index in [1.54, 1.807) is 12.3 Å². The summed E-state index contributed by atoms with van der Waals surface area (Å²) >= 11 is 0. The molecule has 3 heterocycles. The maximum Gasteiger partial charge on any atom is 0.158 e. The van der Waals surface area contributed by atoms with Crippen LogP contribution in [0, 0.1) is 5.82 Å². The number of benzene rings is 3. The van der Waals surface area contributed by atoms with Crippen LogP contribution >= 0.6 is 0 Å². The Hall–Kier alpha value is -3.88. The first-order valence-corrected chi connectivity index (χ1v) is 12.1. The number of H-pyrrole nitrogens is 1. The number of nitrogens with zero attached hydrogens (tertiary/aromatic N) is 3. The van der Waals surface area contributed by atoms with Crippen molar-refractivity contribution < 1.29 is 18.7 Å². The van der Waals surface area contributed by atoms with Crippen LogP contribution in [-0.4, -0.2) is 65.6 Å². The van der Waals surface area contributed by atoms with Gasteiger partial charge in [0.05, 0.1) is 11.8 Å². The largest absolute Gasteiger partial charge is 0.491 e. The number of fused-ring (bicyclic) bond motifs is 2. The predicted molar refractivity (Wildman–Crippen MR) is 138 cm³/mol. The summed E-state index contributed by atoms with van der Waals surface area (Å²) in [7, 11) is 0. The normalized spacial score (nSPS) is 15.6. The van der Waals surface area contributed by atoms with Gasteiger partial charge in [-0.25, -0.2) is 4.39 Å². The van der Waals surface area contributed by atoms with Crippen molar-refractivity contribution in [3.8, 4) is 17.1 Å². The third kappa shape index (κ3) is 4.53. The number of halogens is 1. The fourth-order valence-electron chi connectivity index (χ4n) is 4.83. The van der Waals surface area contributed by atoms with Crippen LogP contribution in [0.5, 0.6) is 5.75 Å². The lowest BCUT2D eigenvalue weighted by Crippen LogP contribution is -2.49. The van der Waals surface area contributed by atoms with E-state index in [0.717, 1.165) is 59.2 Å². The van der Waals surface area contributed by atoms with Crippen LogP contribution in [-0.2, 0) is 0 Å². The van der Waals surface area contributed by atoms with Crippen LogP contribution in [0.25, 0.3) is 33.0 Å². The maximum atomic E-state index is 13.4. The van der Waals surface area contributed by atoms with Gasteiger partial charge >= 0.3 is 0 Å². The van der Waals surface area contributed by atoms with E-state index in [4.69, 9.17) is 9.15 Å². The molecule has 6 rings (SSSR count). The topological polar surface area (TPSA) is 77.8 Å². The van der Waals surface area contributed by atoms with Gasteiger partial charge in [-0.3, -0.25) is 10.00 Å². The molecule has 0 unspecified atom stereocenters. The van der Waals surface area contributed by atoms with Crippen molar-refractivity contribution in [1.82, 2.24) is 15.1 Å². The zero-order valence-corrected chi connectivity index (χ0v) is 19.7. The summed E-state index contributed by atoms with van der Waals surface area (Å²) in [5, 5.41) is 20.9. The Labute approximate surface area is 207 Å². The van der Waals surface area contributed by atoms with E-state index in [0.29, 0.717) is 18.1 Å². The van der Waals surface area contributed by atoms with Crippen molar-refractivity contribution in [3.63, 3.8) is 0 Å². The molecule has 8 heteroatoms. The first-order chi connectivity index (χ1) is 17.6. The van der Waals surface area contributed by atoms with Crippen LogP contribution in [0.2, 0.25) is 0 Å². The van der Waals surface area contributed by atoms with E-state index in [9.17, 15) is 9.50 Å². The number of nitrogens with one attached hydrogen (secondary N) is 1. The van der Waals surface area contributed by atoms with E-state index in [1.165, 1.54) is 12.1 Å². The minimum absolute atomic E-state index is 0.215. The highest BCUT2D eigenvalue weighted by Gasteiger charge is 2.22. The van der Waals surface area contributed by atoms with Crippen molar-refractivity contribution in [2.24, 2.45) is 0 Å². The average molecular weight is 487 g/mol. The smallest absolute Gasteiger partial charge is 0.158 e. The summed E-state index contributed by atoms with van der Waals surface area (Å²) in [6.07, 6.45) is 0.970. The van der Waals surface area contributed by atoms with Crippen molar-refractivity contribution in [2.45, 2.75) is 6.10 Å². The number of aliphatic hydroxyl groups excluding tert-OH is 1. The Morgan fingerprint density at radius 2 is 1.81 bits per heavy atom. The molecule has 0 saturated carbocycles. The summed E-state index contributed by atoms with van der Waals surface area (Å²) in [6.45, 7) is 4.20. The van der Waals surface area contributed by atoms with Gasteiger partial charge in [0.2, 0.25) is 0 Å². The Morgan fingerprint density at radius 1 is 1.00 bits per heavy atom. The molecule has 0 bridgehead atoms. The Kier molecular flexibility index (Phi) is 6.04. The molecule has 0 aliphatic carbocycles. The van der Waals surface area contributed by atoms with Gasteiger partial charge in [0.1, 0.15) is 30.0 Å². The van der Waals surface area contributed by atoms with Crippen molar-refractivity contribution in [2.75, 3.05) is 44.2 Å². The van der Waals surface area contributed by atoms with Gasteiger partial charge in [0, 0.05) is 54.4 Å². The predicted octanol–water partition coefficient (Wildman–Crippen LogP) is 4.68. The standard InChI is InChI=1S/C28H27FN4O3/c29-21-7-10-24-20(15-21)17-36-27(24)19-5-8-23(9-6-19)35-18-22(34)16-32-11-13-33(14-12-32)28-25-3-1-2-4-26(25)30-31-28/h1-10,15,17,22,34H,11-14,16,18H2,(H,30,31)/t22-/m0/s1. The zero-order valence-electron chi connectivity index (χ0n) is 19.7. The van der Waals surface area contributed by atoms with Gasteiger partial charge in [-0.05, 0) is 54.6 Å². The van der Waals surface area contributed by atoms with Gasteiger partial charge in [-0.15, -0.1) is 0 Å². The molecule has 1 aliphatic rings. The monoisotopic (exact) mass is 486 g/mol. The zero-order chi connectivity index (χ0) is 24.5. The van der Waals surface area contributed by atoms with Gasteiger partial charge < -0.3 is 19.2 Å². The number of hydrogen-bond donors (Lipinski definition) is 2. The molecule has 0 radical (unpaired) electrons. The van der Waals surface area contributed by atoms with E-state index in [1.807, 2.05) is 42.5 Å². The van der Waals surface area contributed by atoms with Crippen LogP contribution in [0.1, 0.15) is 0 Å². The summed E-state index contributed by atoms with van der Waals surface area (Å²) in [5.74, 6) is 2.08. The third-order valence-corrected chi connectivity index (χ3v) is 6.71. The highest BCUT2D eigenvalue weighted by molar-refractivity contribution is 5.94. The molecule has 0 amide bonds. The molecule has 1 atom stereocenters. The number of furan rings is 1. The summed E-state index contributed by atoms with van der Waals surface area (Å²) in [4.78, 5) is 4.55. The van der Waals surface area contributed by atoms with Crippen LogP contribution in [0.3, 0.4) is 0 Å². The second-order valence-corrected chi connectivity index (χ2v) is 9.17. The number of ether oxygens (including phenoxy) is 1. The molecule has 2 aromatic heterocycles. The van der Waals surface area contributed by atoms with Gasteiger partial charge in [0.15, 0.2) is 5.82 Å². The lowest BCUT2D eigenvalue weighted by atomic mass is 10.1. The molecule has 1 fully saturated rings. The number of hydrogen-bond acceptors (Lipinski definition) is 6. The summed E-state index contributed by atoms with van der Waals surface area (Å²) in [6, 6.07) is 20.3. The van der Waals surface area contributed by atoms with Gasteiger partial charge in [-0.1, -0.05) is 12.1 Å². The third-order valence-electron chi connectivity index (χ3n) is 6.71. The number of aliphatic hydroxyl groups is 1. The second kappa shape index (κ2) is 9.64. The molecular weight excluding hydrogens is 459 g/mol. The first kappa shape index (κ1) is 22.6. The second-order valence-electron chi connectivity index (χ2n) is 9.17. The van der Waals surface area contributed by atoms with Crippen molar-refractivity contribution in [3.05, 3.63) is 78.8 Å². The fourth-order valence-corrected chi connectivity index (χ4v) is 4.83. The van der Waals surface area contributed by atoms with Crippen molar-refractivity contribution >= 4 is 27.5 Å². The Balaban J connectivity index is 1.00. The number of aromatic nitrogens is 2. The number of anilines is 1. The molecule has 1 aliphatic heterocycles. The number of aromatic amines is 1. The van der Waals surface area contributed by atoms with Gasteiger partial charge in [0.25, 0.3) is 0 Å². The molecule has 7 nitrogen and oxygen atoms in total. The van der Waals surface area contributed by atoms with Crippen LogP contribution < -0.4 is 9.64 Å². The molecule has 2 N–H and O–H groups in total. The highest BCUT2D eigenvalue weighted by Crippen LogP contribution is 2.32. The average Bonchev–Trinajstić information content (AvgIpc) is 3.52. The lowest BCUT2D eigenvalue weighted by molar-refractivity contribution is 0.0663. The number of β-amino-alcohol motifs (C(OH)–C–C–N with tert-alkyl or cyclic N) is 1. The van der Waals surface area contributed by atoms with E-state index < -0.39 is 6.10 Å². The lowest BCUT2D eigenvalue weighted by Gasteiger charge is -2.35. The van der Waals surface area contributed by atoms with E-state index in [2.05, 4.69) is 26.1 Å². The quantitative estimate of drug-likeness (QED) is 0.348. The van der Waals surface area contributed by atoms with Gasteiger partial charge in [-0.2, -0.15) is 5.10 Å². The molecule has 184 valence electrons. The Morgan fingerprint density at radius 3 is 2.64 bits per heavy atom. The molecule has 0 spiro atoms. The number of para-hydroxylation sites is 1. The summed E-state index contributed by atoms with van der Waals surface area (Å²) < 4.78 is 24.9. The minimum atomic E-state index is -0.591. The minimum Gasteiger partial charge on any atom is -0.491 e. The summed E-state index contributed by atoms with van der Waals surface area (Å²) in [5.41, 5.74) is 1.93. The Bertz CT molecular complexity index is 1470. The fraction of sp³-hybridized carbons (Fsp3) is 0.250. The van der Waals surface area contributed by atoms with E-state index >= 15 is 0 Å². The molecule has 3 aromatic carbocycles. The maximum absolute atomic E-state index is 13.4. The number of piperazine rings is 1. The molecule has 36 heavy (non-hydrogen) atoms. The van der Waals surface area contributed by atoms with Crippen LogP contribution in [0.4, 0.5) is 10.2 Å². The first-order valence-electron chi connectivity index (χ1n) is 12.1. The van der Waals surface area contributed by atoms with Crippen LogP contribution in [0.15, 0.2) is 77.4 Å². The van der Waals surface area contributed by atoms with E-state index in [-0.39, 0.29) is 12.4 Å². The number of rotatable bonds is 7. The van der Waals surface area contributed by atoms with Crippen molar-refractivity contribution in [1.29, 1.82) is 0 Å².